The Morgan fingerprint density at radius 2 is 1.96 bits per heavy atom. The first kappa shape index (κ1) is 33.2. The largest absolute Gasteiger partial charge is 0.493 e. The third kappa shape index (κ3) is 6.65. The van der Waals surface area contributed by atoms with E-state index >= 15 is 0 Å². The molecule has 0 amide bonds. The summed E-state index contributed by atoms with van der Waals surface area (Å²) in [7, 11) is 0. The summed E-state index contributed by atoms with van der Waals surface area (Å²) >= 11 is 6.28. The molecule has 3 aliphatic carbocycles. The quantitative estimate of drug-likeness (QED) is 0.189. The molecule has 7 nitrogen and oxygen atoms in total. The Morgan fingerprint density at radius 3 is 2.73 bits per heavy atom. The minimum atomic E-state index is -1.04. The van der Waals surface area contributed by atoms with Gasteiger partial charge in [0.1, 0.15) is 23.6 Å². The van der Waals surface area contributed by atoms with Crippen molar-refractivity contribution in [3.63, 3.8) is 0 Å². The van der Waals surface area contributed by atoms with Crippen LogP contribution in [0.1, 0.15) is 99.9 Å². The Labute approximate surface area is 290 Å². The van der Waals surface area contributed by atoms with Crippen molar-refractivity contribution in [3.05, 3.63) is 82.1 Å². The zero-order chi connectivity index (χ0) is 33.3. The molecule has 4 atom stereocenters. The van der Waals surface area contributed by atoms with E-state index < -0.39 is 11.5 Å². The lowest BCUT2D eigenvalue weighted by Crippen LogP contribution is -2.53. The van der Waals surface area contributed by atoms with Crippen molar-refractivity contribution >= 4 is 23.3 Å². The predicted molar refractivity (Wildman–Crippen MR) is 191 cm³/mol. The van der Waals surface area contributed by atoms with Gasteiger partial charge in [-0.1, -0.05) is 37.6 Å². The number of benzene rings is 2. The second-order valence-electron chi connectivity index (χ2n) is 15.1. The molecule has 48 heavy (non-hydrogen) atoms. The predicted octanol–water partition coefficient (Wildman–Crippen LogP) is 8.33. The van der Waals surface area contributed by atoms with E-state index in [1.165, 1.54) is 41.6 Å². The standard InChI is InChI=1S/C40H50ClN3O4/c1-26(24-48-36-13-19-43-35-10-3-6-27(2)37(35)36)20-29-21-28-11-12-33(47-25-32-9-5-18-42-32)23-34(28)39(29)14-16-40(17-15-39,38(45)46)44-31-8-4-7-30(41)22-31/h4,7-8,11-13,19,22-23,26-27,29,32,42,44H,3,5-6,9-10,14-18,20-21,24-25H2,1-2H3,(H,45,46)/t26-,27-,29?,32-,39?,40?/m1/s1. The molecular weight excluding hydrogens is 622 g/mol. The number of aryl methyl sites for hydroxylation is 1. The monoisotopic (exact) mass is 671 g/mol. The number of carbonyl (C=O) groups is 1. The highest BCUT2D eigenvalue weighted by Crippen LogP contribution is 2.57. The lowest BCUT2D eigenvalue weighted by molar-refractivity contribution is -0.144. The maximum atomic E-state index is 12.9. The third-order valence-corrected chi connectivity index (χ3v) is 12.1. The highest BCUT2D eigenvalue weighted by atomic mass is 35.5. The molecule has 2 aromatic carbocycles. The van der Waals surface area contributed by atoms with Crippen molar-refractivity contribution in [1.29, 1.82) is 0 Å². The summed E-state index contributed by atoms with van der Waals surface area (Å²) in [5.41, 5.74) is 4.81. The van der Waals surface area contributed by atoms with Crippen molar-refractivity contribution in [3.8, 4) is 11.5 Å². The lowest BCUT2D eigenvalue weighted by atomic mass is 9.59. The van der Waals surface area contributed by atoms with Crippen molar-refractivity contribution in [1.82, 2.24) is 10.3 Å². The number of nitrogens with zero attached hydrogens (tertiary/aromatic N) is 1. The Bertz CT molecular complexity index is 1610. The number of nitrogens with one attached hydrogen (secondary N) is 2. The van der Waals surface area contributed by atoms with Crippen LogP contribution in [0.25, 0.3) is 0 Å². The summed E-state index contributed by atoms with van der Waals surface area (Å²) in [4.78, 5) is 17.6. The zero-order valence-corrected chi connectivity index (χ0v) is 29.2. The maximum absolute atomic E-state index is 12.9. The maximum Gasteiger partial charge on any atom is 0.329 e. The van der Waals surface area contributed by atoms with Crippen molar-refractivity contribution < 1.29 is 19.4 Å². The number of halogens is 1. The van der Waals surface area contributed by atoms with Crippen LogP contribution in [0.4, 0.5) is 5.69 Å². The van der Waals surface area contributed by atoms with E-state index in [-0.39, 0.29) is 5.41 Å². The van der Waals surface area contributed by atoms with Gasteiger partial charge in [-0.3, -0.25) is 4.98 Å². The number of anilines is 1. The van der Waals surface area contributed by atoms with Crippen LogP contribution in [0.15, 0.2) is 54.7 Å². The van der Waals surface area contributed by atoms with Gasteiger partial charge in [0.15, 0.2) is 0 Å². The first-order valence-electron chi connectivity index (χ1n) is 18.1. The molecule has 0 bridgehead atoms. The SMILES string of the molecule is C[C@@H](COc1ccnc2c1[C@H](C)CCC2)CC1Cc2ccc(OC[C@H]3CCCN3)cc2C12CCC(Nc1cccc(Cl)c1)(C(=O)O)CC2. The Kier molecular flexibility index (Phi) is 9.63. The van der Waals surface area contributed by atoms with Crippen LogP contribution in [0, 0.1) is 11.8 Å². The highest BCUT2D eigenvalue weighted by molar-refractivity contribution is 6.30. The summed E-state index contributed by atoms with van der Waals surface area (Å²) in [5, 5.41) is 18.2. The number of pyridine rings is 1. The molecule has 1 aromatic heterocycles. The molecule has 3 aromatic rings. The van der Waals surface area contributed by atoms with E-state index in [0.29, 0.717) is 54.9 Å². The van der Waals surface area contributed by atoms with Crippen LogP contribution in [0.5, 0.6) is 11.5 Å². The molecule has 256 valence electrons. The molecule has 1 saturated carbocycles. The lowest BCUT2D eigenvalue weighted by Gasteiger charge is -2.47. The number of aliphatic carboxylic acids is 1. The summed E-state index contributed by atoms with van der Waals surface area (Å²) < 4.78 is 12.9. The molecule has 2 fully saturated rings. The van der Waals surface area contributed by atoms with Gasteiger partial charge in [-0.2, -0.15) is 0 Å². The average molecular weight is 672 g/mol. The van der Waals surface area contributed by atoms with Gasteiger partial charge >= 0.3 is 5.97 Å². The fourth-order valence-electron chi connectivity index (χ4n) is 9.26. The number of aromatic nitrogens is 1. The van der Waals surface area contributed by atoms with Crippen LogP contribution in [-0.2, 0) is 23.1 Å². The van der Waals surface area contributed by atoms with Crippen molar-refractivity contribution in [2.45, 2.75) is 107 Å². The number of rotatable bonds is 11. The Balaban J connectivity index is 1.12. The van der Waals surface area contributed by atoms with Gasteiger partial charge < -0.3 is 25.2 Å². The number of hydrogen-bond acceptors (Lipinski definition) is 6. The van der Waals surface area contributed by atoms with Gasteiger partial charge in [0.25, 0.3) is 0 Å². The van der Waals surface area contributed by atoms with Crippen LogP contribution in [-0.4, -0.2) is 47.4 Å². The second kappa shape index (κ2) is 13.9. The van der Waals surface area contributed by atoms with E-state index in [9.17, 15) is 9.90 Å². The van der Waals surface area contributed by atoms with Crippen LogP contribution in [0.2, 0.25) is 5.02 Å². The molecule has 1 spiro atoms. The molecule has 7 rings (SSSR count). The fourth-order valence-corrected chi connectivity index (χ4v) is 9.45. The molecule has 1 aliphatic heterocycles. The van der Waals surface area contributed by atoms with Gasteiger partial charge in [-0.15, -0.1) is 0 Å². The van der Waals surface area contributed by atoms with Gasteiger partial charge in [0.05, 0.1) is 6.61 Å². The molecule has 0 radical (unpaired) electrons. The summed E-state index contributed by atoms with van der Waals surface area (Å²) in [6, 6.07) is 16.5. The van der Waals surface area contributed by atoms with Crippen LogP contribution < -0.4 is 20.1 Å². The molecule has 8 heteroatoms. The molecule has 2 heterocycles. The smallest absolute Gasteiger partial charge is 0.329 e. The molecule has 1 saturated heterocycles. The van der Waals surface area contributed by atoms with E-state index in [0.717, 1.165) is 62.3 Å². The van der Waals surface area contributed by atoms with Crippen molar-refractivity contribution in [2.75, 3.05) is 25.1 Å². The summed E-state index contributed by atoms with van der Waals surface area (Å²) in [6.45, 7) is 6.99. The Morgan fingerprint density at radius 1 is 1.10 bits per heavy atom. The Hall–Kier alpha value is -3.29. The summed E-state index contributed by atoms with van der Waals surface area (Å²) in [5.74, 6) is 2.31. The molecule has 1 unspecified atom stereocenters. The van der Waals surface area contributed by atoms with E-state index in [4.69, 9.17) is 21.1 Å². The number of hydrogen-bond donors (Lipinski definition) is 3. The van der Waals surface area contributed by atoms with Gasteiger partial charge in [0.2, 0.25) is 0 Å². The minimum Gasteiger partial charge on any atom is -0.493 e. The second-order valence-corrected chi connectivity index (χ2v) is 15.6. The first-order valence-corrected chi connectivity index (χ1v) is 18.5. The fraction of sp³-hybridized carbons (Fsp3) is 0.550. The highest BCUT2D eigenvalue weighted by Gasteiger charge is 2.54. The number of carboxylic acid groups (broad SMARTS) is 1. The normalized spacial score (nSPS) is 28.4. The van der Waals surface area contributed by atoms with E-state index in [1.807, 2.05) is 36.5 Å². The number of ether oxygens (including phenoxy) is 2. The molecule has 3 N–H and O–H groups in total. The van der Waals surface area contributed by atoms with Gasteiger partial charge in [0, 0.05) is 34.2 Å². The van der Waals surface area contributed by atoms with E-state index in [2.05, 4.69) is 47.7 Å². The van der Waals surface area contributed by atoms with Gasteiger partial charge in [-0.25, -0.2) is 4.79 Å². The van der Waals surface area contributed by atoms with Crippen LogP contribution in [0.3, 0.4) is 0 Å². The average Bonchev–Trinajstić information content (AvgIpc) is 3.70. The minimum absolute atomic E-state index is 0.117. The third-order valence-electron chi connectivity index (χ3n) is 11.9. The number of fused-ring (bicyclic) bond motifs is 3. The zero-order valence-electron chi connectivity index (χ0n) is 28.4. The van der Waals surface area contributed by atoms with Crippen molar-refractivity contribution in [2.24, 2.45) is 11.8 Å². The topological polar surface area (TPSA) is 92.7 Å². The molecule has 4 aliphatic rings. The molecular formula is C40H50ClN3O4. The van der Waals surface area contributed by atoms with Gasteiger partial charge in [-0.05, 0) is 148 Å². The number of carboxylic acids is 1. The van der Waals surface area contributed by atoms with E-state index in [1.54, 1.807) is 0 Å². The first-order chi connectivity index (χ1) is 23.2. The van der Waals surface area contributed by atoms with Crippen LogP contribution >= 0.6 is 11.6 Å². The summed E-state index contributed by atoms with van der Waals surface area (Å²) in [6.07, 6.45) is 12.3.